The van der Waals surface area contributed by atoms with Crippen LogP contribution < -0.4 is 0 Å². The quantitative estimate of drug-likeness (QED) is 0.827. The molecule has 2 aliphatic rings. The molecule has 0 bridgehead atoms. The van der Waals surface area contributed by atoms with Crippen LogP contribution in [0.5, 0.6) is 0 Å². The Kier molecular flexibility index (Phi) is 4.25. The summed E-state index contributed by atoms with van der Waals surface area (Å²) in [5.41, 5.74) is -0.528. The number of nitrogens with zero attached hydrogens (tertiary/aromatic N) is 2. The highest BCUT2D eigenvalue weighted by molar-refractivity contribution is 5.92. The lowest BCUT2D eigenvalue weighted by Gasteiger charge is -2.33. The van der Waals surface area contributed by atoms with Crippen molar-refractivity contribution in [1.29, 1.82) is 0 Å². The fraction of sp³-hybridized carbons (Fsp3) is 0.800. The molecule has 2 saturated heterocycles. The molecule has 0 unspecified atom stereocenters. The molecule has 0 aromatic rings. The summed E-state index contributed by atoms with van der Waals surface area (Å²) in [6.45, 7) is 6.57. The number of hydrogen-bond acceptors (Lipinski definition) is 3. The van der Waals surface area contributed by atoms with Crippen LogP contribution in [0.25, 0.3) is 0 Å². The predicted molar refractivity (Wildman–Crippen MR) is 76.6 cm³/mol. The van der Waals surface area contributed by atoms with E-state index in [1.165, 1.54) is 4.90 Å². The van der Waals surface area contributed by atoms with Crippen molar-refractivity contribution in [3.63, 3.8) is 0 Å². The molecule has 0 aromatic heterocycles. The van der Waals surface area contributed by atoms with Gasteiger partial charge in [0.2, 0.25) is 11.8 Å². The van der Waals surface area contributed by atoms with Crippen molar-refractivity contribution in [2.45, 2.75) is 58.5 Å². The van der Waals surface area contributed by atoms with Gasteiger partial charge in [0, 0.05) is 18.5 Å². The molecule has 1 N–H and O–H groups in total. The molecule has 2 atom stereocenters. The van der Waals surface area contributed by atoms with Crippen LogP contribution in [0.3, 0.4) is 0 Å². The summed E-state index contributed by atoms with van der Waals surface area (Å²) >= 11 is 0. The smallest absolute Gasteiger partial charge is 0.326 e. The number of carboxylic acids is 1. The van der Waals surface area contributed by atoms with Gasteiger partial charge in [-0.2, -0.15) is 0 Å². The molecule has 6 nitrogen and oxygen atoms in total. The minimum absolute atomic E-state index is 0.0376. The topological polar surface area (TPSA) is 77.9 Å². The zero-order valence-corrected chi connectivity index (χ0v) is 13.0. The molecule has 21 heavy (non-hydrogen) atoms. The van der Waals surface area contributed by atoms with Crippen LogP contribution in [0.1, 0.15) is 46.5 Å². The van der Waals surface area contributed by atoms with Gasteiger partial charge in [-0.05, 0) is 25.7 Å². The molecule has 0 spiro atoms. The van der Waals surface area contributed by atoms with Crippen molar-refractivity contribution in [2.75, 3.05) is 13.1 Å². The van der Waals surface area contributed by atoms with E-state index in [0.29, 0.717) is 32.4 Å². The lowest BCUT2D eigenvalue weighted by Crippen LogP contribution is -2.52. The van der Waals surface area contributed by atoms with Crippen LogP contribution in [-0.4, -0.2) is 57.9 Å². The predicted octanol–water partition coefficient (Wildman–Crippen LogP) is 1.10. The van der Waals surface area contributed by atoms with E-state index in [9.17, 15) is 19.5 Å². The second-order valence-corrected chi connectivity index (χ2v) is 6.93. The summed E-state index contributed by atoms with van der Waals surface area (Å²) in [5, 5.41) is 9.21. The van der Waals surface area contributed by atoms with Gasteiger partial charge in [0.05, 0.1) is 0 Å². The Morgan fingerprint density at radius 2 is 1.48 bits per heavy atom. The molecule has 0 radical (unpaired) electrons. The third kappa shape index (κ3) is 3.04. The molecule has 2 aliphatic heterocycles. The molecule has 118 valence electrons. The van der Waals surface area contributed by atoms with Crippen molar-refractivity contribution < 1.29 is 19.5 Å². The molecule has 0 aliphatic carbocycles. The molecular formula is C15H24N2O4. The van der Waals surface area contributed by atoms with E-state index in [1.54, 1.807) is 4.90 Å². The van der Waals surface area contributed by atoms with Gasteiger partial charge in [-0.15, -0.1) is 0 Å². The standard InChI is InChI=1S/C15H24N2O4/c1-15(2,3)14(21)17-9-4-6-10(17)12(18)16-8-5-7-11(16)13(19)20/h10-11H,4-9H2,1-3H3,(H,19,20)/t10-,11-/m0/s1. The van der Waals surface area contributed by atoms with Gasteiger partial charge in [0.15, 0.2) is 0 Å². The van der Waals surface area contributed by atoms with Crippen LogP contribution in [0.15, 0.2) is 0 Å². The minimum atomic E-state index is -0.951. The molecule has 2 fully saturated rings. The summed E-state index contributed by atoms with van der Waals surface area (Å²) in [5.74, 6) is -1.19. The number of amides is 2. The van der Waals surface area contributed by atoms with Crippen LogP contribution in [0.2, 0.25) is 0 Å². The second-order valence-electron chi connectivity index (χ2n) is 6.93. The van der Waals surface area contributed by atoms with E-state index in [0.717, 1.165) is 6.42 Å². The van der Waals surface area contributed by atoms with Crippen LogP contribution in [-0.2, 0) is 14.4 Å². The third-order valence-corrected chi connectivity index (χ3v) is 4.26. The second kappa shape index (κ2) is 5.66. The fourth-order valence-electron chi connectivity index (χ4n) is 3.18. The van der Waals surface area contributed by atoms with Crippen molar-refractivity contribution in [3.8, 4) is 0 Å². The number of hydrogen-bond donors (Lipinski definition) is 1. The summed E-state index contributed by atoms with van der Waals surface area (Å²) < 4.78 is 0. The van der Waals surface area contributed by atoms with Crippen LogP contribution in [0.4, 0.5) is 0 Å². The average molecular weight is 296 g/mol. The van der Waals surface area contributed by atoms with E-state index in [2.05, 4.69) is 0 Å². The number of aliphatic carboxylic acids is 1. The Balaban J connectivity index is 2.14. The van der Waals surface area contributed by atoms with E-state index in [4.69, 9.17) is 0 Å². The molecule has 2 amide bonds. The summed E-state index contributed by atoms with van der Waals surface area (Å²) in [7, 11) is 0. The molecule has 2 heterocycles. The van der Waals surface area contributed by atoms with Gasteiger partial charge < -0.3 is 14.9 Å². The number of carbonyl (C=O) groups excluding carboxylic acids is 2. The highest BCUT2D eigenvalue weighted by Crippen LogP contribution is 2.28. The maximum absolute atomic E-state index is 12.7. The molecule has 2 rings (SSSR count). The summed E-state index contributed by atoms with van der Waals surface area (Å²) in [4.78, 5) is 39.4. The van der Waals surface area contributed by atoms with Crippen molar-refractivity contribution in [2.24, 2.45) is 5.41 Å². The Bertz CT molecular complexity index is 455. The zero-order valence-electron chi connectivity index (χ0n) is 13.0. The maximum Gasteiger partial charge on any atom is 0.326 e. The molecular weight excluding hydrogens is 272 g/mol. The van der Waals surface area contributed by atoms with Gasteiger partial charge in [-0.1, -0.05) is 20.8 Å². The SMILES string of the molecule is CC(C)(C)C(=O)N1CCC[C@H]1C(=O)N1CCC[C@H]1C(=O)O. The number of carbonyl (C=O) groups is 3. The first-order chi connectivity index (χ1) is 9.73. The summed E-state index contributed by atoms with van der Waals surface area (Å²) in [6, 6.07) is -1.22. The first kappa shape index (κ1) is 15.8. The van der Waals surface area contributed by atoms with Crippen LogP contribution in [0, 0.1) is 5.41 Å². The van der Waals surface area contributed by atoms with E-state index >= 15 is 0 Å². The Morgan fingerprint density at radius 3 is 2.00 bits per heavy atom. The zero-order chi connectivity index (χ0) is 15.8. The largest absolute Gasteiger partial charge is 0.480 e. The van der Waals surface area contributed by atoms with Gasteiger partial charge in [0.25, 0.3) is 0 Å². The van der Waals surface area contributed by atoms with Crippen molar-refractivity contribution in [1.82, 2.24) is 9.80 Å². The van der Waals surface area contributed by atoms with Gasteiger partial charge in [-0.3, -0.25) is 9.59 Å². The Labute approximate surface area is 125 Å². The van der Waals surface area contributed by atoms with E-state index in [1.807, 2.05) is 20.8 Å². The van der Waals surface area contributed by atoms with E-state index < -0.39 is 23.5 Å². The molecule has 0 aromatic carbocycles. The maximum atomic E-state index is 12.7. The highest BCUT2D eigenvalue weighted by atomic mass is 16.4. The number of carboxylic acid groups (broad SMARTS) is 1. The molecule has 6 heteroatoms. The van der Waals surface area contributed by atoms with Crippen molar-refractivity contribution in [3.05, 3.63) is 0 Å². The number of rotatable bonds is 2. The minimum Gasteiger partial charge on any atom is -0.480 e. The number of likely N-dealkylation sites (tertiary alicyclic amines) is 2. The summed E-state index contributed by atoms with van der Waals surface area (Å²) in [6.07, 6.45) is 2.64. The monoisotopic (exact) mass is 296 g/mol. The first-order valence-electron chi connectivity index (χ1n) is 7.58. The lowest BCUT2D eigenvalue weighted by atomic mass is 9.94. The first-order valence-corrected chi connectivity index (χ1v) is 7.58. The third-order valence-electron chi connectivity index (χ3n) is 4.26. The van der Waals surface area contributed by atoms with Crippen LogP contribution >= 0.6 is 0 Å². The Morgan fingerprint density at radius 1 is 0.952 bits per heavy atom. The highest BCUT2D eigenvalue weighted by Gasteiger charge is 2.43. The van der Waals surface area contributed by atoms with Gasteiger partial charge >= 0.3 is 5.97 Å². The van der Waals surface area contributed by atoms with E-state index in [-0.39, 0.29) is 11.8 Å². The normalized spacial score (nSPS) is 26.2. The lowest BCUT2D eigenvalue weighted by molar-refractivity contribution is -0.153. The Hall–Kier alpha value is -1.59. The van der Waals surface area contributed by atoms with Gasteiger partial charge in [0.1, 0.15) is 12.1 Å². The van der Waals surface area contributed by atoms with Crippen molar-refractivity contribution >= 4 is 17.8 Å². The fourth-order valence-corrected chi connectivity index (χ4v) is 3.18. The average Bonchev–Trinajstić information content (AvgIpc) is 3.04. The molecule has 0 saturated carbocycles. The van der Waals surface area contributed by atoms with Gasteiger partial charge in [-0.25, -0.2) is 4.79 Å².